The van der Waals surface area contributed by atoms with Crippen LogP contribution >= 0.6 is 0 Å². The molecule has 1 aliphatic heterocycles. The van der Waals surface area contributed by atoms with Crippen LogP contribution in [0.5, 0.6) is 0 Å². The first kappa shape index (κ1) is 10.9. The van der Waals surface area contributed by atoms with Gasteiger partial charge in [-0.2, -0.15) is 0 Å². The maximum Gasteiger partial charge on any atom is 0.137 e. The predicted molar refractivity (Wildman–Crippen MR) is 58.2 cm³/mol. The summed E-state index contributed by atoms with van der Waals surface area (Å²) in [7, 11) is 0. The highest BCUT2D eigenvalue weighted by molar-refractivity contribution is 5.59. The van der Waals surface area contributed by atoms with Crippen LogP contribution in [0.4, 0.5) is 0 Å². The second-order valence-electron chi connectivity index (χ2n) is 3.10. The fraction of sp³-hybridized carbons (Fsp3) is 0.417. The fourth-order valence-corrected chi connectivity index (χ4v) is 1.58. The quantitative estimate of drug-likeness (QED) is 0.687. The van der Waals surface area contributed by atoms with E-state index in [1.165, 1.54) is 11.1 Å². The SMILES string of the molecule is CC.O=C[C@@H]1Cc2ccccc2CN1. The van der Waals surface area contributed by atoms with Crippen LogP contribution in [0.1, 0.15) is 25.0 Å². The molecule has 2 nitrogen and oxygen atoms in total. The number of rotatable bonds is 1. The lowest BCUT2D eigenvalue weighted by Crippen LogP contribution is -2.36. The molecule has 14 heavy (non-hydrogen) atoms. The van der Waals surface area contributed by atoms with Gasteiger partial charge in [0, 0.05) is 6.54 Å². The van der Waals surface area contributed by atoms with E-state index in [4.69, 9.17) is 0 Å². The van der Waals surface area contributed by atoms with Crippen LogP contribution in [0.3, 0.4) is 0 Å². The molecule has 1 atom stereocenters. The minimum atomic E-state index is 0.0138. The van der Waals surface area contributed by atoms with Gasteiger partial charge in [0.1, 0.15) is 6.29 Å². The lowest BCUT2D eigenvalue weighted by Gasteiger charge is -2.21. The van der Waals surface area contributed by atoms with Gasteiger partial charge in [-0.05, 0) is 17.5 Å². The molecule has 0 bridgehead atoms. The van der Waals surface area contributed by atoms with Gasteiger partial charge in [-0.3, -0.25) is 0 Å². The minimum Gasteiger partial charge on any atom is -0.303 e. The Labute approximate surface area is 85.3 Å². The molecular formula is C12H17NO. The Morgan fingerprint density at radius 1 is 1.29 bits per heavy atom. The van der Waals surface area contributed by atoms with Crippen LogP contribution in [0.15, 0.2) is 24.3 Å². The highest BCUT2D eigenvalue weighted by Gasteiger charge is 2.15. The van der Waals surface area contributed by atoms with E-state index < -0.39 is 0 Å². The Balaban J connectivity index is 0.000000461. The third-order valence-electron chi connectivity index (χ3n) is 2.28. The van der Waals surface area contributed by atoms with Gasteiger partial charge >= 0.3 is 0 Å². The molecule has 0 spiro atoms. The minimum absolute atomic E-state index is 0.0138. The van der Waals surface area contributed by atoms with Crippen molar-refractivity contribution in [2.75, 3.05) is 0 Å². The summed E-state index contributed by atoms with van der Waals surface area (Å²) in [5.74, 6) is 0. The lowest BCUT2D eigenvalue weighted by molar-refractivity contribution is -0.109. The van der Waals surface area contributed by atoms with Gasteiger partial charge in [-0.25, -0.2) is 0 Å². The highest BCUT2D eigenvalue weighted by atomic mass is 16.1. The van der Waals surface area contributed by atoms with Crippen molar-refractivity contribution in [1.29, 1.82) is 0 Å². The van der Waals surface area contributed by atoms with Gasteiger partial charge in [0.05, 0.1) is 6.04 Å². The first-order valence-electron chi connectivity index (χ1n) is 5.15. The number of benzene rings is 1. The summed E-state index contributed by atoms with van der Waals surface area (Å²) >= 11 is 0. The predicted octanol–water partition coefficient (Wildman–Crippen LogP) is 1.93. The molecule has 0 unspecified atom stereocenters. The van der Waals surface area contributed by atoms with Crippen molar-refractivity contribution in [3.8, 4) is 0 Å². The van der Waals surface area contributed by atoms with E-state index in [-0.39, 0.29) is 6.04 Å². The molecule has 1 heterocycles. The Morgan fingerprint density at radius 3 is 2.57 bits per heavy atom. The fourth-order valence-electron chi connectivity index (χ4n) is 1.58. The Morgan fingerprint density at radius 2 is 1.93 bits per heavy atom. The van der Waals surface area contributed by atoms with Crippen molar-refractivity contribution in [2.45, 2.75) is 32.9 Å². The maximum absolute atomic E-state index is 10.5. The van der Waals surface area contributed by atoms with E-state index in [1.54, 1.807) is 0 Å². The van der Waals surface area contributed by atoms with E-state index in [2.05, 4.69) is 17.4 Å². The van der Waals surface area contributed by atoms with Gasteiger partial charge in [-0.15, -0.1) is 0 Å². The van der Waals surface area contributed by atoms with Gasteiger partial charge in [-0.1, -0.05) is 38.1 Å². The van der Waals surface area contributed by atoms with Crippen LogP contribution in [0, 0.1) is 0 Å². The van der Waals surface area contributed by atoms with E-state index in [0.717, 1.165) is 19.3 Å². The summed E-state index contributed by atoms with van der Waals surface area (Å²) in [4.78, 5) is 10.5. The van der Waals surface area contributed by atoms with E-state index in [0.29, 0.717) is 0 Å². The molecule has 76 valence electrons. The molecule has 1 aromatic carbocycles. The smallest absolute Gasteiger partial charge is 0.137 e. The van der Waals surface area contributed by atoms with E-state index >= 15 is 0 Å². The summed E-state index contributed by atoms with van der Waals surface area (Å²) < 4.78 is 0. The number of hydrogen-bond acceptors (Lipinski definition) is 2. The van der Waals surface area contributed by atoms with E-state index in [9.17, 15) is 4.79 Å². The summed E-state index contributed by atoms with van der Waals surface area (Å²) in [6, 6.07) is 8.25. The monoisotopic (exact) mass is 191 g/mol. The molecule has 0 radical (unpaired) electrons. The number of carbonyl (C=O) groups excluding carboxylic acids is 1. The largest absolute Gasteiger partial charge is 0.303 e. The number of hydrogen-bond donors (Lipinski definition) is 1. The highest BCUT2D eigenvalue weighted by Crippen LogP contribution is 2.14. The first-order chi connectivity index (χ1) is 6.90. The molecule has 0 aliphatic carbocycles. The molecule has 0 amide bonds. The molecule has 1 aromatic rings. The van der Waals surface area contributed by atoms with Crippen LogP contribution in [-0.2, 0) is 17.8 Å². The average molecular weight is 191 g/mol. The van der Waals surface area contributed by atoms with Crippen molar-refractivity contribution < 1.29 is 4.79 Å². The summed E-state index contributed by atoms with van der Waals surface area (Å²) in [6.07, 6.45) is 1.82. The zero-order chi connectivity index (χ0) is 10.4. The third kappa shape index (κ3) is 2.42. The van der Waals surface area contributed by atoms with Crippen LogP contribution in [0.2, 0.25) is 0 Å². The molecule has 1 N–H and O–H groups in total. The van der Waals surface area contributed by atoms with Crippen LogP contribution in [-0.4, -0.2) is 12.3 Å². The second kappa shape index (κ2) is 5.55. The molecular weight excluding hydrogens is 174 g/mol. The maximum atomic E-state index is 10.5. The first-order valence-corrected chi connectivity index (χ1v) is 5.15. The molecule has 0 aromatic heterocycles. The Hall–Kier alpha value is -1.15. The van der Waals surface area contributed by atoms with Crippen molar-refractivity contribution in [3.05, 3.63) is 35.4 Å². The van der Waals surface area contributed by atoms with E-state index in [1.807, 2.05) is 26.0 Å². The number of aldehydes is 1. The van der Waals surface area contributed by atoms with Crippen molar-refractivity contribution in [1.82, 2.24) is 5.32 Å². The molecule has 0 saturated heterocycles. The number of fused-ring (bicyclic) bond motifs is 1. The molecule has 2 heteroatoms. The van der Waals surface area contributed by atoms with Crippen LogP contribution < -0.4 is 5.32 Å². The van der Waals surface area contributed by atoms with Crippen LogP contribution in [0.25, 0.3) is 0 Å². The lowest BCUT2D eigenvalue weighted by atomic mass is 9.97. The summed E-state index contributed by atoms with van der Waals surface area (Å²) in [5.41, 5.74) is 2.61. The Bertz CT molecular complexity index is 296. The molecule has 2 rings (SSSR count). The zero-order valence-corrected chi connectivity index (χ0v) is 8.79. The topological polar surface area (TPSA) is 29.1 Å². The second-order valence-corrected chi connectivity index (χ2v) is 3.10. The summed E-state index contributed by atoms with van der Waals surface area (Å²) in [6.45, 7) is 4.82. The normalized spacial score (nSPS) is 18.9. The van der Waals surface area contributed by atoms with Crippen molar-refractivity contribution in [2.24, 2.45) is 0 Å². The van der Waals surface area contributed by atoms with Gasteiger partial charge in [0.15, 0.2) is 0 Å². The zero-order valence-electron chi connectivity index (χ0n) is 8.79. The average Bonchev–Trinajstić information content (AvgIpc) is 2.31. The summed E-state index contributed by atoms with van der Waals surface area (Å²) in [5, 5.41) is 3.16. The Kier molecular flexibility index (Phi) is 4.33. The van der Waals surface area contributed by atoms with Gasteiger partial charge < -0.3 is 10.1 Å². The third-order valence-corrected chi connectivity index (χ3v) is 2.28. The van der Waals surface area contributed by atoms with Gasteiger partial charge in [0.2, 0.25) is 0 Å². The van der Waals surface area contributed by atoms with Crippen molar-refractivity contribution in [3.63, 3.8) is 0 Å². The number of carbonyl (C=O) groups is 1. The molecule has 1 aliphatic rings. The van der Waals surface area contributed by atoms with Crippen molar-refractivity contribution >= 4 is 6.29 Å². The molecule has 0 saturated carbocycles. The number of nitrogens with one attached hydrogen (secondary N) is 1. The molecule has 0 fully saturated rings. The van der Waals surface area contributed by atoms with Gasteiger partial charge in [0.25, 0.3) is 0 Å². The standard InChI is InChI=1S/C10H11NO.C2H6/c12-7-10-5-8-3-1-2-4-9(8)6-11-10;1-2/h1-4,7,10-11H,5-6H2;1-2H3/t10-;/m0./s1.